The fourth-order valence-electron chi connectivity index (χ4n) is 3.88. The Morgan fingerprint density at radius 2 is 1.96 bits per heavy atom. The summed E-state index contributed by atoms with van der Waals surface area (Å²) in [4.78, 5) is 19.2. The standard InChI is InChI=1S/C17H22N4O.2ClH/c1-11-5-6-21-10-15(19-16(21)7-11)17(22)20(2)14-8-12-3-4-13(9-14)18-12;;/h5-7,10,12-14,18H,3-4,8-9H2,1-2H3;2*1H. The molecular formula is C17H24Cl2N4O. The Balaban J connectivity index is 0.00000104. The first-order chi connectivity index (χ1) is 10.6. The molecule has 0 radical (unpaired) electrons. The molecule has 0 spiro atoms. The van der Waals surface area contributed by atoms with Crippen LogP contribution in [0, 0.1) is 6.92 Å². The van der Waals surface area contributed by atoms with Crippen molar-refractivity contribution in [2.75, 3.05) is 7.05 Å². The topological polar surface area (TPSA) is 49.6 Å². The first kappa shape index (κ1) is 19.0. The van der Waals surface area contributed by atoms with E-state index in [9.17, 15) is 4.79 Å². The van der Waals surface area contributed by atoms with Crippen molar-refractivity contribution in [3.8, 4) is 0 Å². The lowest BCUT2D eigenvalue weighted by Crippen LogP contribution is -2.48. The monoisotopic (exact) mass is 370 g/mol. The van der Waals surface area contributed by atoms with E-state index in [2.05, 4.69) is 10.3 Å². The number of hydrogen-bond donors (Lipinski definition) is 1. The summed E-state index contributed by atoms with van der Waals surface area (Å²) < 4.78 is 1.92. The Hall–Kier alpha value is -1.30. The molecule has 0 aliphatic carbocycles. The second-order valence-electron chi connectivity index (χ2n) is 6.77. The highest BCUT2D eigenvalue weighted by molar-refractivity contribution is 5.93. The number of nitrogens with one attached hydrogen (secondary N) is 1. The fraction of sp³-hybridized carbons (Fsp3) is 0.529. The van der Waals surface area contributed by atoms with Crippen LogP contribution >= 0.6 is 24.8 Å². The third-order valence-electron chi connectivity index (χ3n) is 5.15. The molecule has 4 heterocycles. The number of piperidine rings is 1. The molecular weight excluding hydrogens is 347 g/mol. The van der Waals surface area contributed by atoms with Crippen molar-refractivity contribution < 1.29 is 4.79 Å². The van der Waals surface area contributed by atoms with Crippen molar-refractivity contribution in [2.24, 2.45) is 0 Å². The summed E-state index contributed by atoms with van der Waals surface area (Å²) in [6, 6.07) is 5.53. The zero-order valence-corrected chi connectivity index (χ0v) is 15.6. The van der Waals surface area contributed by atoms with Crippen LogP contribution in [0.3, 0.4) is 0 Å². The summed E-state index contributed by atoms with van der Waals surface area (Å²) in [5.41, 5.74) is 2.53. The van der Waals surface area contributed by atoms with Crippen LogP contribution in [0.1, 0.15) is 41.7 Å². The number of rotatable bonds is 2. The maximum atomic E-state index is 12.8. The third kappa shape index (κ3) is 3.39. The number of nitrogens with zero attached hydrogens (tertiary/aromatic N) is 3. The Bertz CT molecular complexity index is 720. The number of amides is 1. The minimum Gasteiger partial charge on any atom is -0.337 e. The molecule has 1 N–H and O–H groups in total. The Morgan fingerprint density at radius 3 is 2.62 bits per heavy atom. The van der Waals surface area contributed by atoms with Gasteiger partial charge in [-0.2, -0.15) is 0 Å². The fourth-order valence-corrected chi connectivity index (χ4v) is 3.88. The molecule has 5 nitrogen and oxygen atoms in total. The molecule has 132 valence electrons. The van der Waals surface area contributed by atoms with Crippen molar-refractivity contribution in [3.05, 3.63) is 35.8 Å². The number of fused-ring (bicyclic) bond motifs is 3. The molecule has 2 aromatic heterocycles. The normalized spacial score (nSPS) is 25.0. The van der Waals surface area contributed by atoms with Crippen LogP contribution in [0.5, 0.6) is 0 Å². The molecule has 2 aliphatic heterocycles. The Kier molecular flexibility index (Phi) is 5.78. The number of halogens is 2. The molecule has 24 heavy (non-hydrogen) atoms. The van der Waals surface area contributed by atoms with Gasteiger partial charge in [-0.1, -0.05) is 0 Å². The minimum atomic E-state index is 0. The number of carbonyl (C=O) groups excluding carboxylic acids is 1. The van der Waals surface area contributed by atoms with Gasteiger partial charge in [0.25, 0.3) is 5.91 Å². The van der Waals surface area contributed by atoms with Gasteiger partial charge >= 0.3 is 0 Å². The summed E-state index contributed by atoms with van der Waals surface area (Å²) in [6.07, 6.45) is 8.41. The molecule has 0 aromatic carbocycles. The second-order valence-corrected chi connectivity index (χ2v) is 6.77. The van der Waals surface area contributed by atoms with E-state index in [1.54, 1.807) is 0 Å². The van der Waals surface area contributed by atoms with E-state index >= 15 is 0 Å². The first-order valence-corrected chi connectivity index (χ1v) is 8.09. The van der Waals surface area contributed by atoms with E-state index in [1.807, 2.05) is 47.8 Å². The third-order valence-corrected chi connectivity index (χ3v) is 5.15. The van der Waals surface area contributed by atoms with Crippen LogP contribution in [-0.2, 0) is 0 Å². The van der Waals surface area contributed by atoms with E-state index in [0.717, 1.165) is 24.1 Å². The quantitative estimate of drug-likeness (QED) is 0.883. The zero-order valence-electron chi connectivity index (χ0n) is 13.9. The van der Waals surface area contributed by atoms with E-state index in [0.29, 0.717) is 23.8 Å². The summed E-state index contributed by atoms with van der Waals surface area (Å²) in [6.45, 7) is 2.03. The largest absolute Gasteiger partial charge is 0.337 e. The number of aryl methyl sites for hydroxylation is 1. The molecule has 2 aromatic rings. The van der Waals surface area contributed by atoms with Crippen LogP contribution in [0.25, 0.3) is 5.65 Å². The number of imidazole rings is 1. The molecule has 2 atom stereocenters. The molecule has 2 unspecified atom stereocenters. The van der Waals surface area contributed by atoms with Gasteiger partial charge in [0.15, 0.2) is 0 Å². The van der Waals surface area contributed by atoms with E-state index < -0.39 is 0 Å². The number of pyridine rings is 1. The zero-order chi connectivity index (χ0) is 15.3. The van der Waals surface area contributed by atoms with Gasteiger partial charge in [0.1, 0.15) is 11.3 Å². The van der Waals surface area contributed by atoms with Crippen molar-refractivity contribution in [2.45, 2.75) is 50.7 Å². The van der Waals surface area contributed by atoms with Crippen molar-refractivity contribution >= 4 is 36.4 Å². The second kappa shape index (κ2) is 7.30. The van der Waals surface area contributed by atoms with E-state index in [-0.39, 0.29) is 30.7 Å². The lowest BCUT2D eigenvalue weighted by atomic mass is 9.98. The van der Waals surface area contributed by atoms with Gasteiger partial charge in [0.2, 0.25) is 0 Å². The summed E-state index contributed by atoms with van der Waals surface area (Å²) in [7, 11) is 1.92. The maximum Gasteiger partial charge on any atom is 0.274 e. The van der Waals surface area contributed by atoms with Crippen LogP contribution in [-0.4, -0.2) is 45.4 Å². The summed E-state index contributed by atoms with van der Waals surface area (Å²) in [5.74, 6) is 0.0349. The van der Waals surface area contributed by atoms with E-state index in [1.165, 1.54) is 12.8 Å². The average Bonchev–Trinajstić information content (AvgIpc) is 3.08. The molecule has 2 fully saturated rings. The minimum absolute atomic E-state index is 0. The summed E-state index contributed by atoms with van der Waals surface area (Å²) >= 11 is 0. The molecule has 4 rings (SSSR count). The molecule has 7 heteroatoms. The van der Waals surface area contributed by atoms with Crippen molar-refractivity contribution in [3.63, 3.8) is 0 Å². The summed E-state index contributed by atoms with van der Waals surface area (Å²) in [5, 5.41) is 3.62. The lowest BCUT2D eigenvalue weighted by Gasteiger charge is -2.35. The van der Waals surface area contributed by atoms with Crippen molar-refractivity contribution in [1.29, 1.82) is 0 Å². The first-order valence-electron chi connectivity index (χ1n) is 8.09. The maximum absolute atomic E-state index is 12.8. The highest BCUT2D eigenvalue weighted by Crippen LogP contribution is 2.29. The van der Waals surface area contributed by atoms with Gasteiger partial charge < -0.3 is 14.6 Å². The number of hydrogen-bond acceptors (Lipinski definition) is 3. The highest BCUT2D eigenvalue weighted by Gasteiger charge is 2.36. The van der Waals surface area contributed by atoms with Gasteiger partial charge in [0, 0.05) is 37.6 Å². The van der Waals surface area contributed by atoms with Crippen LogP contribution < -0.4 is 5.32 Å². The van der Waals surface area contributed by atoms with E-state index in [4.69, 9.17) is 0 Å². The highest BCUT2D eigenvalue weighted by atomic mass is 35.5. The van der Waals surface area contributed by atoms with Gasteiger partial charge in [0.05, 0.1) is 0 Å². The molecule has 2 aliphatic rings. The van der Waals surface area contributed by atoms with Crippen LogP contribution in [0.15, 0.2) is 24.5 Å². The molecule has 2 saturated heterocycles. The van der Waals surface area contributed by atoms with Gasteiger partial charge in [-0.3, -0.25) is 4.79 Å². The van der Waals surface area contributed by atoms with Crippen LogP contribution in [0.2, 0.25) is 0 Å². The Labute approximate surface area is 154 Å². The molecule has 1 amide bonds. The van der Waals surface area contributed by atoms with Gasteiger partial charge in [-0.15, -0.1) is 24.8 Å². The number of carbonyl (C=O) groups is 1. The van der Waals surface area contributed by atoms with Gasteiger partial charge in [-0.05, 0) is 50.3 Å². The average molecular weight is 371 g/mol. The predicted octanol–water partition coefficient (Wildman–Crippen LogP) is 2.84. The SMILES string of the molecule is Cc1ccn2cc(C(=O)N(C)C3CC4CCC(C3)N4)nc2c1.Cl.Cl. The van der Waals surface area contributed by atoms with Gasteiger partial charge in [-0.25, -0.2) is 4.98 Å². The predicted molar refractivity (Wildman–Crippen MR) is 99.5 cm³/mol. The molecule has 2 bridgehead atoms. The Morgan fingerprint density at radius 1 is 1.29 bits per heavy atom. The molecule has 0 saturated carbocycles. The lowest BCUT2D eigenvalue weighted by molar-refractivity contribution is 0.0676. The van der Waals surface area contributed by atoms with Crippen LogP contribution in [0.4, 0.5) is 0 Å². The number of aromatic nitrogens is 2. The smallest absolute Gasteiger partial charge is 0.274 e. The van der Waals surface area contributed by atoms with Crippen molar-refractivity contribution in [1.82, 2.24) is 19.6 Å².